The van der Waals surface area contributed by atoms with Crippen LogP contribution in [0.4, 0.5) is 0 Å². The fraction of sp³-hybridized carbons (Fsp3) is 1.00. The Morgan fingerprint density at radius 3 is 0.753 bits per heavy atom. The average Bonchev–Trinajstić information content (AvgIpc) is 3.94. The second-order valence-corrected chi connectivity index (χ2v) is 26.6. The molecule has 14 unspecified atom stereocenters. The van der Waals surface area contributed by atoms with E-state index in [1.165, 1.54) is 0 Å². The summed E-state index contributed by atoms with van der Waals surface area (Å²) in [6.07, 6.45) is 1.26. The summed E-state index contributed by atoms with van der Waals surface area (Å²) in [6, 6.07) is 0. The van der Waals surface area contributed by atoms with Gasteiger partial charge < -0.3 is 66.3 Å². The van der Waals surface area contributed by atoms with Crippen molar-refractivity contribution in [2.24, 2.45) is 88.8 Å². The smallest absolute Gasteiger partial charge is 0.161 e. The molecule has 14 heteroatoms. The third kappa shape index (κ3) is 12.5. The van der Waals surface area contributed by atoms with Crippen molar-refractivity contribution in [3.8, 4) is 0 Å². The van der Waals surface area contributed by atoms with Crippen LogP contribution in [0.1, 0.15) is 184 Å². The summed E-state index contributed by atoms with van der Waals surface area (Å²) < 4.78 is 96.0. The maximum Gasteiger partial charge on any atom is 0.161 e. The molecule has 35 atom stereocenters. The lowest BCUT2D eigenvalue weighted by Gasteiger charge is -2.52. The number of ether oxygens (including phenoxy) is 14. The minimum Gasteiger partial charge on any atom is -0.350 e. The molecule has 0 aromatic carbocycles. The fourth-order valence-corrected chi connectivity index (χ4v) is 14.8. The lowest BCUT2D eigenvalue weighted by Crippen LogP contribution is -2.60. The molecule has 8 aliphatic rings. The van der Waals surface area contributed by atoms with Crippen LogP contribution in [0.25, 0.3) is 0 Å². The molecule has 0 saturated carbocycles. The Kier molecular flexibility index (Phi) is 21.6. The summed E-state index contributed by atoms with van der Waals surface area (Å²) >= 11 is 0. The summed E-state index contributed by atoms with van der Waals surface area (Å²) in [5, 5.41) is 0. The van der Waals surface area contributed by atoms with E-state index < -0.39 is 18.9 Å². The first-order valence-electron chi connectivity index (χ1n) is 31.7. The summed E-state index contributed by atoms with van der Waals surface area (Å²) in [7, 11) is 0. The number of hydrogen-bond donors (Lipinski definition) is 0. The molecule has 448 valence electrons. The van der Waals surface area contributed by atoms with Gasteiger partial charge in [-0.1, -0.05) is 145 Å². The predicted octanol–water partition coefficient (Wildman–Crippen LogP) is 12.4. The summed E-state index contributed by atoms with van der Waals surface area (Å²) in [5.74, 6) is 3.11. The van der Waals surface area contributed by atoms with Crippen molar-refractivity contribution >= 4 is 0 Å². The summed E-state index contributed by atoms with van der Waals surface area (Å²) in [6.45, 7) is 47.8. The third-order valence-corrected chi connectivity index (χ3v) is 22.3. The normalized spacial score (nSPS) is 54.6. The highest BCUT2D eigenvalue weighted by atomic mass is 16.8. The van der Waals surface area contributed by atoms with Crippen LogP contribution >= 0.6 is 0 Å². The zero-order chi connectivity index (χ0) is 56.1. The van der Waals surface area contributed by atoms with Crippen molar-refractivity contribution in [3.63, 3.8) is 0 Å². The first kappa shape index (κ1) is 62.5. The third-order valence-electron chi connectivity index (χ3n) is 22.3. The van der Waals surface area contributed by atoms with Crippen LogP contribution in [0.5, 0.6) is 0 Å². The molecule has 0 aromatic heterocycles. The Morgan fingerprint density at radius 2 is 0.481 bits per heavy atom. The van der Waals surface area contributed by atoms with Gasteiger partial charge >= 0.3 is 0 Å². The van der Waals surface area contributed by atoms with Gasteiger partial charge in [0, 0.05) is 41.4 Å². The second-order valence-electron chi connectivity index (χ2n) is 26.6. The van der Waals surface area contributed by atoms with Crippen LogP contribution in [-0.2, 0) is 66.3 Å². The molecule has 0 amide bonds. The van der Waals surface area contributed by atoms with E-state index in [9.17, 15) is 0 Å². The number of fused-ring (bicyclic) bond motifs is 2. The van der Waals surface area contributed by atoms with E-state index in [-0.39, 0.29) is 170 Å². The molecule has 0 aliphatic carbocycles. The highest BCUT2D eigenvalue weighted by Gasteiger charge is 2.55. The summed E-state index contributed by atoms with van der Waals surface area (Å²) in [5.41, 5.74) is 0. The van der Waals surface area contributed by atoms with Gasteiger partial charge in [0.2, 0.25) is 0 Å². The van der Waals surface area contributed by atoms with Crippen LogP contribution < -0.4 is 0 Å². The van der Waals surface area contributed by atoms with Crippen molar-refractivity contribution in [1.82, 2.24) is 0 Å². The van der Waals surface area contributed by atoms with E-state index in [0.29, 0.717) is 30.3 Å². The Hall–Kier alpha value is -0.560. The molecule has 8 fully saturated rings. The van der Waals surface area contributed by atoms with Crippen LogP contribution in [0, 0.1) is 88.8 Å². The molecule has 14 nitrogen and oxygen atoms in total. The largest absolute Gasteiger partial charge is 0.350 e. The molecule has 0 aromatic rings. The lowest BCUT2D eigenvalue weighted by atomic mass is 9.78. The molecule has 0 N–H and O–H groups in total. The molecule has 8 saturated heterocycles. The van der Waals surface area contributed by atoms with Gasteiger partial charge in [-0.2, -0.15) is 0 Å². The quantitative estimate of drug-likeness (QED) is 0.129. The van der Waals surface area contributed by atoms with Crippen molar-refractivity contribution in [1.29, 1.82) is 0 Å². The Balaban J connectivity index is 0.859. The molecule has 77 heavy (non-hydrogen) atoms. The molecular weight excluding hydrogens is 981 g/mol. The predicted molar refractivity (Wildman–Crippen MR) is 295 cm³/mol. The molecule has 2 bridgehead atoms. The Labute approximate surface area is 467 Å². The van der Waals surface area contributed by atoms with Crippen molar-refractivity contribution in [2.75, 3.05) is 6.61 Å². The van der Waals surface area contributed by atoms with Gasteiger partial charge in [0.15, 0.2) is 44.0 Å². The topological polar surface area (TPSA) is 129 Å². The van der Waals surface area contributed by atoms with E-state index >= 15 is 0 Å². The van der Waals surface area contributed by atoms with Crippen LogP contribution in [0.2, 0.25) is 0 Å². The zero-order valence-corrected chi connectivity index (χ0v) is 51.9. The van der Waals surface area contributed by atoms with Crippen molar-refractivity contribution in [3.05, 3.63) is 0 Å². The Bertz CT molecular complexity index is 1800. The second kappa shape index (κ2) is 26.6. The monoisotopic (exact) mass is 1090 g/mol. The van der Waals surface area contributed by atoms with Gasteiger partial charge in [-0.15, -0.1) is 0 Å². The summed E-state index contributed by atoms with van der Waals surface area (Å²) in [4.78, 5) is 0. The zero-order valence-electron chi connectivity index (χ0n) is 51.9. The first-order valence-corrected chi connectivity index (χ1v) is 31.7. The van der Waals surface area contributed by atoms with E-state index in [1.807, 2.05) is 0 Å². The van der Waals surface area contributed by atoms with Crippen molar-refractivity contribution < 1.29 is 66.3 Å². The maximum atomic E-state index is 7.18. The average molecular weight is 1090 g/mol. The standard InChI is InChI=1S/C63H112O14/c1-22-44-30(8)29(7)37(15)58(65-44)72-51-32(10)39(17)59(66-45(51)23-2)73-52-33(11)40(18)60(67-46(52)24-3)74-53-34(12)41(19)61(68-47(53)25-4)75-54-35(13)42(20)62(69-48(54)26-5)76-55-36(14)43(21)63(70-49(55)27-6)77-56-31(9)38(16)57-64-28-50(56)71-57/h29-63H,22-28H2,1-21H3/t29-,30+,31?,32?,33?,34?,35?,36?,37?,38?,39+,40?,41?,42+,43+,44?,45?,46+,47+,48?,49?,50-,51+,52-,53-,54+,55+,56-,57+,58-,59-,60+,61+,62-,63-/m0/s1. The SMILES string of the molecule is CCC1O[C@@H](O[C@H]2C(CC)O[C@@H](O[C@H]3C(C)C(C)[C@@H]4OC[C@@H]3O4)[C@H](C)C2C)[C@H](C)C(C)[C@H]1O[C@H]1O[C@H](CC)[C@@H](O[C@H]2O[C@H](CC)[C@@H](O[C@@H]3OC(CC)[C@H](O[C@@H]4OC(CC)[C@H](C)[C@H](C)C4C)C(C)[C@H]3C)C(C)C2C)C(C)C1C. The van der Waals surface area contributed by atoms with Crippen LogP contribution in [0.15, 0.2) is 0 Å². The molecule has 8 rings (SSSR count). The minimum absolute atomic E-state index is 0.0570. The minimum atomic E-state index is -0.415. The highest BCUT2D eigenvalue weighted by Crippen LogP contribution is 2.48. The molecular formula is C63H112O14. The maximum absolute atomic E-state index is 7.18. The van der Waals surface area contributed by atoms with E-state index in [1.54, 1.807) is 0 Å². The molecule has 8 heterocycles. The van der Waals surface area contributed by atoms with E-state index in [4.69, 9.17) is 66.3 Å². The number of hydrogen-bond acceptors (Lipinski definition) is 14. The lowest BCUT2D eigenvalue weighted by molar-refractivity contribution is -0.369. The highest BCUT2D eigenvalue weighted by molar-refractivity contribution is 4.97. The van der Waals surface area contributed by atoms with Gasteiger partial charge in [-0.05, 0) is 85.9 Å². The number of rotatable bonds is 18. The molecule has 0 spiro atoms. The van der Waals surface area contributed by atoms with Crippen LogP contribution in [-0.4, -0.2) is 130 Å². The van der Waals surface area contributed by atoms with E-state index in [2.05, 4.69) is 145 Å². The van der Waals surface area contributed by atoms with Gasteiger partial charge in [0.1, 0.15) is 6.10 Å². The Morgan fingerprint density at radius 1 is 0.247 bits per heavy atom. The van der Waals surface area contributed by atoms with Gasteiger partial charge in [-0.3, -0.25) is 0 Å². The van der Waals surface area contributed by atoms with Gasteiger partial charge in [-0.25, -0.2) is 0 Å². The van der Waals surface area contributed by atoms with E-state index in [0.717, 1.165) is 38.5 Å². The molecule has 8 aliphatic heterocycles. The molecule has 0 radical (unpaired) electrons. The van der Waals surface area contributed by atoms with Gasteiger partial charge in [0.05, 0.1) is 79.9 Å². The van der Waals surface area contributed by atoms with Crippen LogP contribution in [0.3, 0.4) is 0 Å². The van der Waals surface area contributed by atoms with Crippen molar-refractivity contribution in [2.45, 2.75) is 307 Å². The fourth-order valence-electron chi connectivity index (χ4n) is 14.8. The van der Waals surface area contributed by atoms with Gasteiger partial charge in [0.25, 0.3) is 0 Å². The first-order chi connectivity index (χ1) is 36.6.